The summed E-state index contributed by atoms with van der Waals surface area (Å²) in [5.74, 6) is -0.116. The van der Waals surface area contributed by atoms with Gasteiger partial charge >= 0.3 is 0 Å². The van der Waals surface area contributed by atoms with Crippen molar-refractivity contribution in [2.45, 2.75) is 30.3 Å². The second-order valence-electron chi connectivity index (χ2n) is 5.16. The topological polar surface area (TPSA) is 92.7 Å². The van der Waals surface area contributed by atoms with Crippen LogP contribution >= 0.6 is 0 Å². The number of ether oxygens (including phenoxy) is 1. The van der Waals surface area contributed by atoms with Crippen molar-refractivity contribution >= 4 is 15.8 Å². The minimum atomic E-state index is -3.77. The number of sulfonamides is 1. The highest BCUT2D eigenvalue weighted by Gasteiger charge is 2.33. The number of hydrogen-bond donors (Lipinski definition) is 2. The second kappa shape index (κ2) is 6.23. The molecule has 0 spiro atoms. The van der Waals surface area contributed by atoms with Crippen LogP contribution in [0.1, 0.15) is 30.1 Å². The average Bonchev–Trinajstić information content (AvgIpc) is 2.92. The molecule has 1 unspecified atom stereocenters. The molecule has 1 aliphatic rings. The quantitative estimate of drug-likeness (QED) is 0.755. The van der Waals surface area contributed by atoms with Crippen molar-refractivity contribution in [3.8, 4) is 0 Å². The van der Waals surface area contributed by atoms with Crippen molar-refractivity contribution in [3.05, 3.63) is 29.8 Å². The van der Waals surface area contributed by atoms with Crippen molar-refractivity contribution in [3.63, 3.8) is 0 Å². The van der Waals surface area contributed by atoms with Gasteiger partial charge in [0.2, 0.25) is 10.0 Å². The van der Waals surface area contributed by atoms with Gasteiger partial charge in [0.25, 0.3) is 0 Å². The fraction of sp³-hybridized carbons (Fsp3) is 0.500. The Hall–Kier alpha value is -1.28. The lowest BCUT2D eigenvalue weighted by Crippen LogP contribution is -2.43. The van der Waals surface area contributed by atoms with Crippen molar-refractivity contribution in [2.75, 3.05) is 19.8 Å². The number of aliphatic hydroxyl groups is 1. The SMILES string of the molecule is CCC(=O)c1cccc(S(=O)(=O)NCC2(O)CCOC2)c1. The third-order valence-electron chi connectivity index (χ3n) is 3.46. The number of carbonyl (C=O) groups excluding carboxylic acids is 1. The van der Waals surface area contributed by atoms with Crippen molar-refractivity contribution in [1.29, 1.82) is 0 Å². The first-order valence-electron chi connectivity index (χ1n) is 6.79. The van der Waals surface area contributed by atoms with Crippen LogP contribution in [0.2, 0.25) is 0 Å². The van der Waals surface area contributed by atoms with Crippen molar-refractivity contribution in [2.24, 2.45) is 0 Å². The zero-order valence-electron chi connectivity index (χ0n) is 11.8. The lowest BCUT2D eigenvalue weighted by molar-refractivity contribution is 0.0314. The summed E-state index contributed by atoms with van der Waals surface area (Å²) in [6.07, 6.45) is 0.706. The first-order chi connectivity index (χ1) is 9.86. The molecule has 0 saturated carbocycles. The Morgan fingerprint density at radius 1 is 1.48 bits per heavy atom. The number of carbonyl (C=O) groups is 1. The molecule has 0 radical (unpaired) electrons. The van der Waals surface area contributed by atoms with E-state index in [9.17, 15) is 18.3 Å². The average molecular weight is 313 g/mol. The van der Waals surface area contributed by atoms with Crippen LogP contribution in [0.4, 0.5) is 0 Å². The summed E-state index contributed by atoms with van der Waals surface area (Å²) in [7, 11) is -3.77. The first kappa shape index (κ1) is 16.1. The number of hydrogen-bond acceptors (Lipinski definition) is 5. The van der Waals surface area contributed by atoms with Crippen LogP contribution in [0.15, 0.2) is 29.2 Å². The van der Waals surface area contributed by atoms with Gasteiger partial charge in [-0.2, -0.15) is 0 Å². The Morgan fingerprint density at radius 2 is 2.24 bits per heavy atom. The summed E-state index contributed by atoms with van der Waals surface area (Å²) in [6.45, 7) is 2.14. The van der Waals surface area contributed by atoms with E-state index in [1.54, 1.807) is 13.0 Å². The highest BCUT2D eigenvalue weighted by Crippen LogP contribution is 2.19. The molecule has 1 aliphatic heterocycles. The predicted molar refractivity (Wildman–Crippen MR) is 76.6 cm³/mol. The highest BCUT2D eigenvalue weighted by molar-refractivity contribution is 7.89. The summed E-state index contributed by atoms with van der Waals surface area (Å²) in [5.41, 5.74) is -0.799. The van der Waals surface area contributed by atoms with Gasteiger partial charge in [0.15, 0.2) is 5.78 Å². The van der Waals surface area contributed by atoms with E-state index in [0.717, 1.165) is 0 Å². The van der Waals surface area contributed by atoms with Gasteiger partial charge in [-0.3, -0.25) is 4.79 Å². The standard InChI is InChI=1S/C14H19NO5S/c1-2-13(16)11-4-3-5-12(8-11)21(18,19)15-9-14(17)6-7-20-10-14/h3-5,8,15,17H,2,6-7,9-10H2,1H3. The van der Waals surface area contributed by atoms with Crippen LogP contribution in [0.5, 0.6) is 0 Å². The van der Waals surface area contributed by atoms with Crippen LogP contribution < -0.4 is 4.72 Å². The third kappa shape index (κ3) is 3.88. The Bertz CT molecular complexity index is 620. The zero-order valence-corrected chi connectivity index (χ0v) is 12.6. The van der Waals surface area contributed by atoms with E-state index in [1.165, 1.54) is 18.2 Å². The molecule has 1 fully saturated rings. The van der Waals surface area contributed by atoms with Gasteiger partial charge in [-0.1, -0.05) is 19.1 Å². The summed E-state index contributed by atoms with van der Waals surface area (Å²) in [4.78, 5) is 11.7. The minimum absolute atomic E-state index is 0.0179. The van der Waals surface area contributed by atoms with Gasteiger partial charge in [-0.05, 0) is 12.1 Å². The molecule has 0 aliphatic carbocycles. The molecule has 0 aromatic heterocycles. The lowest BCUT2D eigenvalue weighted by atomic mass is 10.1. The maximum atomic E-state index is 12.2. The van der Waals surface area contributed by atoms with Crippen LogP contribution in [-0.4, -0.2) is 44.7 Å². The number of rotatable bonds is 6. The highest BCUT2D eigenvalue weighted by atomic mass is 32.2. The van der Waals surface area contributed by atoms with E-state index in [1.807, 2.05) is 0 Å². The Balaban J connectivity index is 2.14. The molecular weight excluding hydrogens is 294 g/mol. The summed E-state index contributed by atoms with van der Waals surface area (Å²) in [5, 5.41) is 10.1. The van der Waals surface area contributed by atoms with Gasteiger partial charge in [0, 0.05) is 31.6 Å². The maximum Gasteiger partial charge on any atom is 0.240 e. The molecule has 2 N–H and O–H groups in total. The second-order valence-corrected chi connectivity index (χ2v) is 6.92. The van der Waals surface area contributed by atoms with E-state index in [4.69, 9.17) is 4.74 Å². The molecule has 0 bridgehead atoms. The molecule has 2 rings (SSSR count). The molecule has 1 saturated heterocycles. The first-order valence-corrected chi connectivity index (χ1v) is 8.28. The maximum absolute atomic E-state index is 12.2. The molecule has 6 nitrogen and oxygen atoms in total. The summed E-state index contributed by atoms with van der Waals surface area (Å²) >= 11 is 0. The third-order valence-corrected chi connectivity index (χ3v) is 4.86. The van der Waals surface area contributed by atoms with Gasteiger partial charge in [-0.25, -0.2) is 13.1 Å². The van der Waals surface area contributed by atoms with E-state index in [-0.39, 0.29) is 23.8 Å². The largest absolute Gasteiger partial charge is 0.386 e. The molecule has 1 atom stereocenters. The number of benzene rings is 1. The normalized spacial score (nSPS) is 22.4. The van der Waals surface area contributed by atoms with Gasteiger partial charge in [0.05, 0.1) is 11.5 Å². The van der Waals surface area contributed by atoms with Crippen molar-refractivity contribution in [1.82, 2.24) is 4.72 Å². The summed E-state index contributed by atoms with van der Waals surface area (Å²) in [6, 6.07) is 5.89. The van der Waals surface area contributed by atoms with E-state index in [0.29, 0.717) is 25.0 Å². The molecule has 1 aromatic carbocycles. The number of Topliss-reactive ketones (excluding diaryl/α,β-unsaturated/α-hetero) is 1. The monoisotopic (exact) mass is 313 g/mol. The molecule has 1 aromatic rings. The van der Waals surface area contributed by atoms with E-state index < -0.39 is 15.6 Å². The minimum Gasteiger partial charge on any atom is -0.386 e. The molecular formula is C14H19NO5S. The molecule has 116 valence electrons. The van der Waals surface area contributed by atoms with Crippen LogP contribution in [0, 0.1) is 0 Å². The number of nitrogens with one attached hydrogen (secondary N) is 1. The van der Waals surface area contributed by atoms with E-state index >= 15 is 0 Å². The lowest BCUT2D eigenvalue weighted by Gasteiger charge is -2.20. The van der Waals surface area contributed by atoms with Crippen LogP contribution in [-0.2, 0) is 14.8 Å². The molecule has 0 amide bonds. The number of ketones is 1. The smallest absolute Gasteiger partial charge is 0.240 e. The Kier molecular flexibility index (Phi) is 4.77. The molecule has 7 heteroatoms. The molecule has 1 heterocycles. The van der Waals surface area contributed by atoms with Gasteiger partial charge in [0.1, 0.15) is 5.60 Å². The predicted octanol–water partition coefficient (Wildman–Crippen LogP) is 0.709. The molecule has 21 heavy (non-hydrogen) atoms. The van der Waals surface area contributed by atoms with Gasteiger partial charge in [-0.15, -0.1) is 0 Å². The Labute approximate surface area is 124 Å². The van der Waals surface area contributed by atoms with Gasteiger partial charge < -0.3 is 9.84 Å². The zero-order chi connectivity index (χ0) is 15.5. The van der Waals surface area contributed by atoms with E-state index in [2.05, 4.69) is 4.72 Å². The van der Waals surface area contributed by atoms with Crippen LogP contribution in [0.25, 0.3) is 0 Å². The fourth-order valence-corrected chi connectivity index (χ4v) is 3.25. The summed E-state index contributed by atoms with van der Waals surface area (Å²) < 4.78 is 31.9. The fourth-order valence-electron chi connectivity index (χ4n) is 2.09. The van der Waals surface area contributed by atoms with Crippen LogP contribution in [0.3, 0.4) is 0 Å². The Morgan fingerprint density at radius 3 is 2.86 bits per heavy atom. The van der Waals surface area contributed by atoms with Crippen molar-refractivity contribution < 1.29 is 23.1 Å².